The van der Waals surface area contributed by atoms with Crippen LogP contribution in [0.25, 0.3) is 0 Å². The van der Waals surface area contributed by atoms with E-state index in [9.17, 15) is 9.59 Å². The third-order valence-corrected chi connectivity index (χ3v) is 5.79. The number of carbonyl (C=O) groups is 2. The number of ether oxygens (including phenoxy) is 1. The number of hydrogen-bond acceptors (Lipinski definition) is 4. The highest BCUT2D eigenvalue weighted by molar-refractivity contribution is 6.02. The number of hydrogen-bond donors (Lipinski definition) is 2. The molecule has 1 aliphatic rings. The number of rotatable bonds is 14. The molecule has 6 heteroatoms. The maximum absolute atomic E-state index is 12.9. The second-order valence-electron chi connectivity index (χ2n) is 8.45. The molecule has 1 saturated heterocycles. The van der Waals surface area contributed by atoms with Crippen molar-refractivity contribution in [3.05, 3.63) is 23.8 Å². The van der Waals surface area contributed by atoms with E-state index in [-0.39, 0.29) is 11.8 Å². The Morgan fingerprint density at radius 1 is 1.00 bits per heavy atom. The van der Waals surface area contributed by atoms with E-state index in [0.717, 1.165) is 50.9 Å². The number of anilines is 2. The van der Waals surface area contributed by atoms with Crippen molar-refractivity contribution in [2.45, 2.75) is 77.6 Å². The molecule has 2 amide bonds. The molecule has 0 bridgehead atoms. The van der Waals surface area contributed by atoms with Crippen LogP contribution in [0.15, 0.2) is 18.2 Å². The molecule has 2 N–H and O–H groups in total. The van der Waals surface area contributed by atoms with Crippen LogP contribution in [0.3, 0.4) is 0 Å². The standard InChI is InChI=1S/C25H41N3O3/c1-3-4-5-6-7-9-13-24(29)27-21-14-15-23(28-17-10-8-11-18-28)22(20-21)25(30)26-16-12-19-31-2/h14-15,20H,3-13,16-19H2,1-2H3,(H,26,30)(H,27,29). The molecule has 1 heterocycles. The Morgan fingerprint density at radius 3 is 2.48 bits per heavy atom. The second-order valence-corrected chi connectivity index (χ2v) is 8.45. The van der Waals surface area contributed by atoms with Crippen molar-refractivity contribution in [1.29, 1.82) is 0 Å². The van der Waals surface area contributed by atoms with Gasteiger partial charge in [0, 0.05) is 51.1 Å². The largest absolute Gasteiger partial charge is 0.385 e. The zero-order chi connectivity index (χ0) is 22.3. The second kappa shape index (κ2) is 14.8. The predicted molar refractivity (Wildman–Crippen MR) is 128 cm³/mol. The normalized spacial score (nSPS) is 13.8. The Balaban J connectivity index is 1.98. The lowest BCUT2D eigenvalue weighted by atomic mass is 10.1. The highest BCUT2D eigenvalue weighted by atomic mass is 16.5. The minimum Gasteiger partial charge on any atom is -0.385 e. The molecule has 0 aromatic heterocycles. The number of amides is 2. The predicted octanol–water partition coefficient (Wildman–Crippen LogP) is 5.13. The number of methoxy groups -OCH3 is 1. The van der Waals surface area contributed by atoms with Gasteiger partial charge in [0.05, 0.1) is 5.56 Å². The third kappa shape index (κ3) is 9.30. The van der Waals surface area contributed by atoms with Gasteiger partial charge in [-0.3, -0.25) is 9.59 Å². The Kier molecular flexibility index (Phi) is 12.1. The van der Waals surface area contributed by atoms with Crippen LogP contribution in [-0.2, 0) is 9.53 Å². The summed E-state index contributed by atoms with van der Waals surface area (Å²) in [7, 11) is 1.66. The Labute approximate surface area is 188 Å². The summed E-state index contributed by atoms with van der Waals surface area (Å²) < 4.78 is 5.06. The van der Waals surface area contributed by atoms with Crippen LogP contribution in [0, 0.1) is 0 Å². The molecule has 0 unspecified atom stereocenters. The molecule has 1 aliphatic heterocycles. The van der Waals surface area contributed by atoms with Crippen LogP contribution in [0.2, 0.25) is 0 Å². The fourth-order valence-corrected chi connectivity index (χ4v) is 4.01. The number of nitrogens with one attached hydrogen (secondary N) is 2. The van der Waals surface area contributed by atoms with Gasteiger partial charge in [-0.2, -0.15) is 0 Å². The van der Waals surface area contributed by atoms with E-state index in [4.69, 9.17) is 4.74 Å². The van der Waals surface area contributed by atoms with Gasteiger partial charge in [-0.25, -0.2) is 0 Å². The van der Waals surface area contributed by atoms with Crippen molar-refractivity contribution >= 4 is 23.2 Å². The van der Waals surface area contributed by atoms with Gasteiger partial charge in [0.2, 0.25) is 5.91 Å². The molecule has 1 aromatic rings. The topological polar surface area (TPSA) is 70.7 Å². The van der Waals surface area contributed by atoms with E-state index in [1.807, 2.05) is 18.2 Å². The lowest BCUT2D eigenvalue weighted by Crippen LogP contribution is -2.33. The highest BCUT2D eigenvalue weighted by Crippen LogP contribution is 2.27. The molecule has 1 aromatic carbocycles. The van der Waals surface area contributed by atoms with Crippen LogP contribution >= 0.6 is 0 Å². The summed E-state index contributed by atoms with van der Waals surface area (Å²) in [6.45, 7) is 5.33. The first-order chi connectivity index (χ1) is 15.2. The summed E-state index contributed by atoms with van der Waals surface area (Å²) in [5, 5.41) is 5.98. The fourth-order valence-electron chi connectivity index (χ4n) is 4.01. The highest BCUT2D eigenvalue weighted by Gasteiger charge is 2.19. The molecule has 2 rings (SSSR count). The number of carbonyl (C=O) groups excluding carboxylic acids is 2. The van der Waals surface area contributed by atoms with Crippen LogP contribution in [0.1, 0.15) is 87.9 Å². The van der Waals surface area contributed by atoms with Crippen LogP contribution in [-0.4, -0.2) is 45.2 Å². The molecule has 0 atom stereocenters. The third-order valence-electron chi connectivity index (χ3n) is 5.79. The Hall–Kier alpha value is -2.08. The number of benzene rings is 1. The molecule has 0 aliphatic carbocycles. The summed E-state index contributed by atoms with van der Waals surface area (Å²) >= 11 is 0. The quantitative estimate of drug-likeness (QED) is 0.401. The average Bonchev–Trinajstić information content (AvgIpc) is 2.79. The summed E-state index contributed by atoms with van der Waals surface area (Å²) in [5.41, 5.74) is 2.29. The Bertz CT molecular complexity index is 672. The van der Waals surface area contributed by atoms with Gasteiger partial charge in [0.25, 0.3) is 5.91 Å². The average molecular weight is 432 g/mol. The van der Waals surface area contributed by atoms with Crippen LogP contribution in [0.4, 0.5) is 11.4 Å². The van der Waals surface area contributed by atoms with Crippen LogP contribution in [0.5, 0.6) is 0 Å². The van der Waals surface area contributed by atoms with Gasteiger partial charge >= 0.3 is 0 Å². The number of piperidine rings is 1. The monoisotopic (exact) mass is 431 g/mol. The lowest BCUT2D eigenvalue weighted by molar-refractivity contribution is -0.116. The van der Waals surface area contributed by atoms with Crippen molar-refractivity contribution in [2.24, 2.45) is 0 Å². The smallest absolute Gasteiger partial charge is 0.253 e. The van der Waals surface area contributed by atoms with Crippen molar-refractivity contribution in [2.75, 3.05) is 43.6 Å². The summed E-state index contributed by atoms with van der Waals surface area (Å²) in [5.74, 6) is -0.0728. The molecule has 0 saturated carbocycles. The van der Waals surface area contributed by atoms with E-state index in [0.29, 0.717) is 30.8 Å². The molecular weight excluding hydrogens is 390 g/mol. The van der Waals surface area contributed by atoms with E-state index in [2.05, 4.69) is 22.5 Å². The first kappa shape index (κ1) is 25.2. The van der Waals surface area contributed by atoms with Gasteiger partial charge in [-0.1, -0.05) is 39.0 Å². The van der Waals surface area contributed by atoms with E-state index < -0.39 is 0 Å². The minimum atomic E-state index is -0.0938. The zero-order valence-electron chi connectivity index (χ0n) is 19.5. The first-order valence-electron chi connectivity index (χ1n) is 12.1. The van der Waals surface area contributed by atoms with Gasteiger partial charge in [-0.15, -0.1) is 0 Å². The molecule has 1 fully saturated rings. The van der Waals surface area contributed by atoms with Gasteiger partial charge < -0.3 is 20.3 Å². The lowest BCUT2D eigenvalue weighted by Gasteiger charge is -2.30. The molecule has 0 spiro atoms. The molecule has 0 radical (unpaired) electrons. The maximum atomic E-state index is 12.9. The van der Waals surface area contributed by atoms with Gasteiger partial charge in [0.1, 0.15) is 0 Å². The zero-order valence-corrected chi connectivity index (χ0v) is 19.5. The van der Waals surface area contributed by atoms with E-state index in [1.54, 1.807) is 7.11 Å². The molecule has 6 nitrogen and oxygen atoms in total. The minimum absolute atomic E-state index is 0.0210. The SMILES string of the molecule is CCCCCCCCC(=O)Nc1ccc(N2CCCCC2)c(C(=O)NCCCOC)c1. The number of unbranched alkanes of at least 4 members (excludes halogenated alkanes) is 5. The first-order valence-corrected chi connectivity index (χ1v) is 12.1. The summed E-state index contributed by atoms with van der Waals surface area (Å²) in [6.07, 6.45) is 11.8. The van der Waals surface area contributed by atoms with E-state index in [1.165, 1.54) is 32.1 Å². The van der Waals surface area contributed by atoms with Crippen molar-refractivity contribution in [1.82, 2.24) is 5.32 Å². The molecular formula is C25H41N3O3. The van der Waals surface area contributed by atoms with Crippen molar-refractivity contribution in [3.8, 4) is 0 Å². The molecule has 174 valence electrons. The van der Waals surface area contributed by atoms with E-state index >= 15 is 0 Å². The fraction of sp³-hybridized carbons (Fsp3) is 0.680. The summed E-state index contributed by atoms with van der Waals surface area (Å²) in [4.78, 5) is 27.6. The van der Waals surface area contributed by atoms with Crippen molar-refractivity contribution < 1.29 is 14.3 Å². The summed E-state index contributed by atoms with van der Waals surface area (Å²) in [6, 6.07) is 5.73. The van der Waals surface area contributed by atoms with Crippen LogP contribution < -0.4 is 15.5 Å². The number of nitrogens with zero attached hydrogens (tertiary/aromatic N) is 1. The van der Waals surface area contributed by atoms with Crippen molar-refractivity contribution in [3.63, 3.8) is 0 Å². The van der Waals surface area contributed by atoms with Gasteiger partial charge in [0.15, 0.2) is 0 Å². The maximum Gasteiger partial charge on any atom is 0.253 e. The Morgan fingerprint density at radius 2 is 1.74 bits per heavy atom. The van der Waals surface area contributed by atoms with Gasteiger partial charge in [-0.05, 0) is 50.3 Å². The molecule has 31 heavy (non-hydrogen) atoms.